The van der Waals surface area contributed by atoms with Crippen LogP contribution in [0.3, 0.4) is 0 Å². The Kier molecular flexibility index (Phi) is 6.51. The number of carbonyl (C=O) groups is 2. The van der Waals surface area contributed by atoms with Gasteiger partial charge < -0.3 is 15.3 Å². The zero-order valence-corrected chi connectivity index (χ0v) is 14.5. The normalized spacial score (nSPS) is 11.6. The maximum absolute atomic E-state index is 12.4. The molecule has 6 nitrogen and oxygen atoms in total. The van der Waals surface area contributed by atoms with Crippen molar-refractivity contribution in [2.45, 2.75) is 26.3 Å². The number of hydrogen-bond acceptors (Lipinski definition) is 4. The van der Waals surface area contributed by atoms with Crippen LogP contribution in [-0.4, -0.2) is 35.1 Å². The van der Waals surface area contributed by atoms with Gasteiger partial charge in [-0.3, -0.25) is 4.79 Å². The number of aromatic nitrogens is 1. The van der Waals surface area contributed by atoms with E-state index in [0.717, 1.165) is 25.3 Å². The molecular weight excluding hydrogens is 318 g/mol. The Morgan fingerprint density at radius 1 is 1.16 bits per heavy atom. The van der Waals surface area contributed by atoms with E-state index < -0.39 is 17.9 Å². The van der Waals surface area contributed by atoms with Gasteiger partial charge in [-0.15, -0.1) is 0 Å². The lowest BCUT2D eigenvalue weighted by Gasteiger charge is -2.21. The summed E-state index contributed by atoms with van der Waals surface area (Å²) in [4.78, 5) is 30.3. The van der Waals surface area contributed by atoms with Gasteiger partial charge in [0.2, 0.25) is 0 Å². The number of nitrogens with one attached hydrogen (secondary N) is 1. The van der Waals surface area contributed by atoms with Crippen molar-refractivity contribution in [1.29, 1.82) is 0 Å². The molecule has 2 N–H and O–H groups in total. The first-order valence-electron chi connectivity index (χ1n) is 8.36. The molecule has 1 atom stereocenters. The zero-order valence-electron chi connectivity index (χ0n) is 14.5. The second-order valence-electron chi connectivity index (χ2n) is 5.64. The highest BCUT2D eigenvalue weighted by molar-refractivity contribution is 5.96. The van der Waals surface area contributed by atoms with Gasteiger partial charge in [-0.05, 0) is 31.0 Å². The summed E-state index contributed by atoms with van der Waals surface area (Å²) in [6.07, 6.45) is 2.49. The van der Waals surface area contributed by atoms with Gasteiger partial charge in [-0.1, -0.05) is 37.3 Å². The second kappa shape index (κ2) is 8.82. The molecule has 0 aliphatic heterocycles. The molecule has 0 saturated carbocycles. The summed E-state index contributed by atoms with van der Waals surface area (Å²) in [5.41, 5.74) is 0.853. The van der Waals surface area contributed by atoms with Crippen molar-refractivity contribution in [2.75, 3.05) is 18.0 Å². The van der Waals surface area contributed by atoms with Crippen molar-refractivity contribution in [3.63, 3.8) is 0 Å². The highest BCUT2D eigenvalue weighted by Gasteiger charge is 2.22. The number of carbonyl (C=O) groups excluding carboxylic acids is 1. The minimum atomic E-state index is -1.11. The van der Waals surface area contributed by atoms with Gasteiger partial charge in [-0.2, -0.15) is 0 Å². The Morgan fingerprint density at radius 3 is 2.40 bits per heavy atom. The lowest BCUT2D eigenvalue weighted by atomic mass is 10.1. The molecular formula is C19H23N3O3. The highest BCUT2D eigenvalue weighted by Crippen LogP contribution is 2.15. The Balaban J connectivity index is 2.13. The fourth-order valence-corrected chi connectivity index (χ4v) is 2.56. The molecule has 2 rings (SSSR count). The summed E-state index contributed by atoms with van der Waals surface area (Å²) in [5.74, 6) is -0.767. The van der Waals surface area contributed by atoms with E-state index in [9.17, 15) is 14.7 Å². The van der Waals surface area contributed by atoms with Crippen LogP contribution in [0.4, 0.5) is 5.82 Å². The standard InChI is InChI=1S/C19H23N3O3/c1-3-12-22(4-2)16-11-10-15(13-20-16)18(23)21-17(19(24)25)14-8-6-5-7-9-14/h5-11,13,17H,3-4,12H2,1-2H3,(H,21,23)(H,24,25)/t17-/m0/s1. The van der Waals surface area contributed by atoms with Crippen LogP contribution < -0.4 is 10.2 Å². The average molecular weight is 341 g/mol. The van der Waals surface area contributed by atoms with Crippen LogP contribution in [0.1, 0.15) is 42.2 Å². The number of anilines is 1. The third-order valence-corrected chi connectivity index (χ3v) is 3.86. The number of rotatable bonds is 8. The quantitative estimate of drug-likeness (QED) is 0.771. The smallest absolute Gasteiger partial charge is 0.330 e. The Labute approximate surface area is 147 Å². The third-order valence-electron chi connectivity index (χ3n) is 3.86. The van der Waals surface area contributed by atoms with Gasteiger partial charge >= 0.3 is 5.97 Å². The van der Waals surface area contributed by atoms with Gasteiger partial charge in [0.15, 0.2) is 6.04 Å². The maximum atomic E-state index is 12.4. The third kappa shape index (κ3) is 4.79. The van der Waals surface area contributed by atoms with Crippen LogP contribution in [0.2, 0.25) is 0 Å². The molecule has 1 aromatic heterocycles. The molecule has 25 heavy (non-hydrogen) atoms. The fourth-order valence-electron chi connectivity index (χ4n) is 2.56. The van der Waals surface area contributed by atoms with Crippen molar-refractivity contribution in [3.05, 3.63) is 59.8 Å². The Morgan fingerprint density at radius 2 is 1.88 bits per heavy atom. The largest absolute Gasteiger partial charge is 0.479 e. The maximum Gasteiger partial charge on any atom is 0.330 e. The summed E-state index contributed by atoms with van der Waals surface area (Å²) >= 11 is 0. The van der Waals surface area contributed by atoms with Crippen LogP contribution >= 0.6 is 0 Å². The number of carboxylic acids is 1. The van der Waals surface area contributed by atoms with Crippen molar-refractivity contribution in [3.8, 4) is 0 Å². The number of pyridine rings is 1. The number of hydrogen-bond donors (Lipinski definition) is 2. The van der Waals surface area contributed by atoms with Crippen molar-refractivity contribution in [1.82, 2.24) is 10.3 Å². The van der Waals surface area contributed by atoms with Crippen LogP contribution in [-0.2, 0) is 4.79 Å². The van der Waals surface area contributed by atoms with Crippen molar-refractivity contribution in [2.24, 2.45) is 0 Å². The molecule has 0 fully saturated rings. The van der Waals surface area contributed by atoms with Crippen LogP contribution in [0.25, 0.3) is 0 Å². The Hall–Kier alpha value is -2.89. The zero-order chi connectivity index (χ0) is 18.2. The molecule has 6 heteroatoms. The van der Waals surface area contributed by atoms with E-state index in [2.05, 4.69) is 29.0 Å². The lowest BCUT2D eigenvalue weighted by Crippen LogP contribution is -2.33. The van der Waals surface area contributed by atoms with E-state index in [1.54, 1.807) is 42.5 Å². The van der Waals surface area contributed by atoms with Gasteiger partial charge in [0.1, 0.15) is 5.82 Å². The van der Waals surface area contributed by atoms with Gasteiger partial charge in [0.25, 0.3) is 5.91 Å². The minimum absolute atomic E-state index is 0.332. The first kappa shape index (κ1) is 18.4. The monoisotopic (exact) mass is 341 g/mol. The van der Waals surface area contributed by atoms with Crippen molar-refractivity contribution >= 4 is 17.7 Å². The molecule has 0 spiro atoms. The molecule has 2 aromatic rings. The van der Waals surface area contributed by atoms with Crippen LogP contribution in [0.15, 0.2) is 48.7 Å². The molecule has 1 amide bonds. The molecule has 1 aromatic carbocycles. The van der Waals surface area contributed by atoms with Gasteiger partial charge in [0.05, 0.1) is 5.56 Å². The predicted octanol–water partition coefficient (Wildman–Crippen LogP) is 2.87. The number of benzene rings is 1. The topological polar surface area (TPSA) is 82.5 Å². The van der Waals surface area contributed by atoms with Gasteiger partial charge in [-0.25, -0.2) is 9.78 Å². The van der Waals surface area contributed by atoms with Gasteiger partial charge in [0, 0.05) is 19.3 Å². The summed E-state index contributed by atoms with van der Waals surface area (Å²) in [6, 6.07) is 11.0. The number of carboxylic acid groups (broad SMARTS) is 1. The minimum Gasteiger partial charge on any atom is -0.479 e. The van der Waals surface area contributed by atoms with Crippen LogP contribution in [0.5, 0.6) is 0 Å². The second-order valence-corrected chi connectivity index (χ2v) is 5.64. The average Bonchev–Trinajstić information content (AvgIpc) is 2.64. The molecule has 0 radical (unpaired) electrons. The molecule has 0 aliphatic rings. The Bertz CT molecular complexity index is 702. The van der Waals surface area contributed by atoms with Crippen LogP contribution in [0, 0.1) is 0 Å². The molecule has 0 bridgehead atoms. The van der Waals surface area contributed by atoms with E-state index >= 15 is 0 Å². The fraction of sp³-hybridized carbons (Fsp3) is 0.316. The predicted molar refractivity (Wildman–Crippen MR) is 96.7 cm³/mol. The molecule has 0 saturated heterocycles. The summed E-state index contributed by atoms with van der Waals surface area (Å²) in [6.45, 7) is 5.88. The first-order chi connectivity index (χ1) is 12.1. The summed E-state index contributed by atoms with van der Waals surface area (Å²) in [7, 11) is 0. The van der Waals surface area contributed by atoms with E-state index in [1.165, 1.54) is 6.20 Å². The molecule has 1 heterocycles. The summed E-state index contributed by atoms with van der Waals surface area (Å²) < 4.78 is 0. The number of amides is 1. The highest BCUT2D eigenvalue weighted by atomic mass is 16.4. The van der Waals surface area contributed by atoms with E-state index in [4.69, 9.17) is 0 Å². The van der Waals surface area contributed by atoms with Crippen molar-refractivity contribution < 1.29 is 14.7 Å². The lowest BCUT2D eigenvalue weighted by molar-refractivity contribution is -0.139. The number of aliphatic carboxylic acids is 1. The SMILES string of the molecule is CCCN(CC)c1ccc(C(=O)N[C@H](C(=O)O)c2ccccc2)cn1. The number of nitrogens with zero attached hydrogens (tertiary/aromatic N) is 2. The summed E-state index contributed by atoms with van der Waals surface area (Å²) in [5, 5.41) is 11.9. The molecule has 132 valence electrons. The van der Waals surface area contributed by atoms with E-state index in [0.29, 0.717) is 11.1 Å². The van der Waals surface area contributed by atoms with E-state index in [-0.39, 0.29) is 0 Å². The molecule has 0 unspecified atom stereocenters. The van der Waals surface area contributed by atoms with E-state index in [1.807, 2.05) is 0 Å². The molecule has 0 aliphatic carbocycles. The first-order valence-corrected chi connectivity index (χ1v) is 8.36.